The molecule has 0 radical (unpaired) electrons. The van der Waals surface area contributed by atoms with Crippen LogP contribution in [-0.2, 0) is 9.53 Å². The Morgan fingerprint density at radius 1 is 1.00 bits per heavy atom. The molecule has 0 fully saturated rings. The van der Waals surface area contributed by atoms with E-state index in [1.807, 2.05) is 18.2 Å². The molecule has 138 valence electrons. The van der Waals surface area contributed by atoms with E-state index in [0.29, 0.717) is 6.42 Å². The molecular formula is C21H36O3. The first-order valence-corrected chi connectivity index (χ1v) is 9.44. The molecule has 0 rings (SSSR count). The number of esters is 1. The van der Waals surface area contributed by atoms with E-state index in [1.165, 1.54) is 26.4 Å². The maximum atomic E-state index is 10.9. The first kappa shape index (κ1) is 22.6. The molecule has 0 saturated heterocycles. The average molecular weight is 337 g/mol. The van der Waals surface area contributed by atoms with Gasteiger partial charge in [0, 0.05) is 6.42 Å². The van der Waals surface area contributed by atoms with E-state index >= 15 is 0 Å². The van der Waals surface area contributed by atoms with E-state index in [-0.39, 0.29) is 12.1 Å². The number of ether oxygens (including phenoxy) is 1. The Labute approximate surface area is 148 Å². The summed E-state index contributed by atoms with van der Waals surface area (Å²) in [5.74, 6) is -0.107. The Kier molecular flexibility index (Phi) is 17.0. The van der Waals surface area contributed by atoms with Gasteiger partial charge in [0.1, 0.15) is 0 Å². The van der Waals surface area contributed by atoms with Crippen molar-refractivity contribution in [3.8, 4) is 0 Å². The van der Waals surface area contributed by atoms with Gasteiger partial charge in [-0.1, -0.05) is 75.5 Å². The fourth-order valence-electron chi connectivity index (χ4n) is 2.33. The van der Waals surface area contributed by atoms with Gasteiger partial charge < -0.3 is 9.84 Å². The molecule has 0 aliphatic rings. The van der Waals surface area contributed by atoms with Crippen LogP contribution in [0.4, 0.5) is 0 Å². The predicted octanol–water partition coefficient (Wildman–Crippen LogP) is 5.50. The maximum absolute atomic E-state index is 10.9. The Morgan fingerprint density at radius 2 is 1.79 bits per heavy atom. The molecule has 0 aromatic carbocycles. The zero-order chi connectivity index (χ0) is 17.9. The van der Waals surface area contributed by atoms with Crippen molar-refractivity contribution >= 4 is 5.97 Å². The van der Waals surface area contributed by atoms with Crippen molar-refractivity contribution in [1.82, 2.24) is 0 Å². The molecular weight excluding hydrogens is 300 g/mol. The van der Waals surface area contributed by atoms with Crippen molar-refractivity contribution in [2.75, 3.05) is 7.11 Å². The minimum absolute atomic E-state index is 0.107. The molecule has 1 atom stereocenters. The standard InChI is InChI=1S/C21H36O3/c1-3-4-14-17-20(22)18-15-12-10-8-6-5-7-9-11-13-16-19-21(23)24-2/h5-6,10,12,15,18,20,22H,3-4,7-9,11,13-14,16-17,19H2,1-2H3. The summed E-state index contributed by atoms with van der Waals surface area (Å²) in [5.41, 5.74) is 0. The highest BCUT2D eigenvalue weighted by Gasteiger charge is 1.98. The van der Waals surface area contributed by atoms with Crippen LogP contribution in [0.3, 0.4) is 0 Å². The second-order valence-corrected chi connectivity index (χ2v) is 6.11. The molecule has 3 heteroatoms. The molecule has 24 heavy (non-hydrogen) atoms. The lowest BCUT2D eigenvalue weighted by atomic mass is 10.1. The highest BCUT2D eigenvalue weighted by Crippen LogP contribution is 2.07. The van der Waals surface area contributed by atoms with Gasteiger partial charge in [0.2, 0.25) is 0 Å². The third-order valence-electron chi connectivity index (χ3n) is 3.85. The van der Waals surface area contributed by atoms with E-state index in [1.54, 1.807) is 0 Å². The zero-order valence-corrected chi connectivity index (χ0v) is 15.6. The fraction of sp³-hybridized carbons (Fsp3) is 0.667. The van der Waals surface area contributed by atoms with Crippen LogP contribution in [0.2, 0.25) is 0 Å². The number of hydrogen-bond donors (Lipinski definition) is 1. The van der Waals surface area contributed by atoms with E-state index < -0.39 is 0 Å². The van der Waals surface area contributed by atoms with Crippen molar-refractivity contribution in [2.24, 2.45) is 0 Å². The van der Waals surface area contributed by atoms with Crippen LogP contribution >= 0.6 is 0 Å². The summed E-state index contributed by atoms with van der Waals surface area (Å²) >= 11 is 0. The van der Waals surface area contributed by atoms with Gasteiger partial charge in [-0.15, -0.1) is 0 Å². The van der Waals surface area contributed by atoms with Gasteiger partial charge >= 0.3 is 5.97 Å². The lowest BCUT2D eigenvalue weighted by Crippen LogP contribution is -2.00. The summed E-state index contributed by atoms with van der Waals surface area (Å²) in [7, 11) is 1.44. The molecule has 3 nitrogen and oxygen atoms in total. The Hall–Kier alpha value is -1.35. The summed E-state index contributed by atoms with van der Waals surface area (Å²) < 4.78 is 4.61. The number of rotatable bonds is 15. The van der Waals surface area contributed by atoms with Gasteiger partial charge in [0.15, 0.2) is 0 Å². The van der Waals surface area contributed by atoms with E-state index in [9.17, 15) is 9.90 Å². The largest absolute Gasteiger partial charge is 0.469 e. The second kappa shape index (κ2) is 18.0. The number of aliphatic hydroxyl groups is 1. The highest BCUT2D eigenvalue weighted by molar-refractivity contribution is 5.68. The quantitative estimate of drug-likeness (QED) is 0.186. The van der Waals surface area contributed by atoms with Crippen molar-refractivity contribution < 1.29 is 14.6 Å². The molecule has 1 N–H and O–H groups in total. The highest BCUT2D eigenvalue weighted by atomic mass is 16.5. The van der Waals surface area contributed by atoms with Crippen molar-refractivity contribution in [1.29, 1.82) is 0 Å². The summed E-state index contributed by atoms with van der Waals surface area (Å²) in [6.07, 6.45) is 23.2. The van der Waals surface area contributed by atoms with Crippen LogP contribution in [0.1, 0.15) is 77.6 Å². The number of allylic oxidation sites excluding steroid dienone is 5. The van der Waals surface area contributed by atoms with Crippen LogP contribution in [0.25, 0.3) is 0 Å². The first-order chi connectivity index (χ1) is 11.7. The lowest BCUT2D eigenvalue weighted by Gasteiger charge is -2.02. The van der Waals surface area contributed by atoms with Crippen LogP contribution in [-0.4, -0.2) is 24.3 Å². The molecule has 0 aromatic rings. The molecule has 0 saturated carbocycles. The number of methoxy groups -OCH3 is 1. The number of unbranched alkanes of at least 4 members (excludes halogenated alkanes) is 6. The molecule has 0 heterocycles. The van der Waals surface area contributed by atoms with Gasteiger partial charge in [0.25, 0.3) is 0 Å². The third-order valence-corrected chi connectivity index (χ3v) is 3.85. The van der Waals surface area contributed by atoms with Gasteiger partial charge in [0.05, 0.1) is 13.2 Å². The third kappa shape index (κ3) is 17.0. The Bertz CT molecular complexity index is 369. The smallest absolute Gasteiger partial charge is 0.305 e. The number of hydrogen-bond acceptors (Lipinski definition) is 3. The van der Waals surface area contributed by atoms with Gasteiger partial charge in [-0.2, -0.15) is 0 Å². The topological polar surface area (TPSA) is 46.5 Å². The SMILES string of the molecule is CCCCCC(O)C=CC=CCC=CCCCCCCC(=O)OC. The predicted molar refractivity (Wildman–Crippen MR) is 102 cm³/mol. The number of carbonyl (C=O) groups excluding carboxylic acids is 1. The van der Waals surface area contributed by atoms with Crippen molar-refractivity contribution in [2.45, 2.75) is 83.7 Å². The van der Waals surface area contributed by atoms with E-state index in [0.717, 1.165) is 44.9 Å². The van der Waals surface area contributed by atoms with Crippen molar-refractivity contribution in [3.63, 3.8) is 0 Å². The average Bonchev–Trinajstić information content (AvgIpc) is 2.58. The molecule has 1 unspecified atom stereocenters. The Balaban J connectivity index is 3.46. The zero-order valence-electron chi connectivity index (χ0n) is 15.6. The van der Waals surface area contributed by atoms with Gasteiger partial charge in [-0.3, -0.25) is 4.79 Å². The molecule has 0 aliphatic heterocycles. The number of aliphatic hydroxyl groups excluding tert-OH is 1. The van der Waals surface area contributed by atoms with Crippen LogP contribution in [0.5, 0.6) is 0 Å². The molecule has 0 spiro atoms. The van der Waals surface area contributed by atoms with Gasteiger partial charge in [-0.05, 0) is 32.1 Å². The molecule has 0 bridgehead atoms. The molecule has 0 aliphatic carbocycles. The lowest BCUT2D eigenvalue weighted by molar-refractivity contribution is -0.140. The minimum atomic E-state index is -0.309. The van der Waals surface area contributed by atoms with E-state index in [4.69, 9.17) is 0 Å². The minimum Gasteiger partial charge on any atom is -0.469 e. The van der Waals surface area contributed by atoms with Crippen LogP contribution < -0.4 is 0 Å². The summed E-state index contributed by atoms with van der Waals surface area (Å²) in [5, 5.41) is 9.72. The van der Waals surface area contributed by atoms with Crippen LogP contribution in [0.15, 0.2) is 36.5 Å². The second-order valence-electron chi connectivity index (χ2n) is 6.11. The fourth-order valence-corrected chi connectivity index (χ4v) is 2.33. The maximum Gasteiger partial charge on any atom is 0.305 e. The first-order valence-electron chi connectivity index (χ1n) is 9.44. The summed E-state index contributed by atoms with van der Waals surface area (Å²) in [6, 6.07) is 0. The normalized spacial score (nSPS) is 13.3. The summed E-state index contributed by atoms with van der Waals surface area (Å²) in [6.45, 7) is 2.17. The summed E-state index contributed by atoms with van der Waals surface area (Å²) in [4.78, 5) is 10.9. The van der Waals surface area contributed by atoms with Gasteiger partial charge in [-0.25, -0.2) is 0 Å². The number of carbonyl (C=O) groups is 1. The monoisotopic (exact) mass is 336 g/mol. The Morgan fingerprint density at radius 3 is 2.54 bits per heavy atom. The molecule has 0 amide bonds. The van der Waals surface area contributed by atoms with E-state index in [2.05, 4.69) is 29.9 Å². The van der Waals surface area contributed by atoms with Crippen LogP contribution in [0, 0.1) is 0 Å². The van der Waals surface area contributed by atoms with Crippen molar-refractivity contribution in [3.05, 3.63) is 36.5 Å². The molecule has 0 aromatic heterocycles.